The van der Waals surface area contributed by atoms with Crippen LogP contribution in [-0.2, 0) is 27.3 Å². The molecule has 0 aromatic carbocycles. The summed E-state index contributed by atoms with van der Waals surface area (Å²) in [6, 6.07) is 0. The van der Waals surface area contributed by atoms with E-state index in [-0.39, 0.29) is 30.9 Å². The van der Waals surface area contributed by atoms with Gasteiger partial charge in [0.1, 0.15) is 12.3 Å². The van der Waals surface area contributed by atoms with Gasteiger partial charge in [0.05, 0.1) is 30.1 Å². The van der Waals surface area contributed by atoms with E-state index in [0.29, 0.717) is 23.7 Å². The number of hydrogen-bond donors (Lipinski definition) is 2. The lowest BCUT2D eigenvalue weighted by atomic mass is 10.1. The fraction of sp³-hybridized carbons (Fsp3) is 0.529. The van der Waals surface area contributed by atoms with Crippen molar-refractivity contribution >= 4 is 17.5 Å². The first kappa shape index (κ1) is 18.1. The molecule has 3 rings (SSSR count). The van der Waals surface area contributed by atoms with Gasteiger partial charge in [0.25, 0.3) is 0 Å². The van der Waals surface area contributed by atoms with Crippen LogP contribution in [0.3, 0.4) is 0 Å². The molecule has 140 valence electrons. The van der Waals surface area contributed by atoms with Crippen LogP contribution in [-0.4, -0.2) is 46.0 Å². The number of nitrogens with zero attached hydrogens (tertiary/aromatic N) is 3. The van der Waals surface area contributed by atoms with Crippen LogP contribution in [0.25, 0.3) is 0 Å². The lowest BCUT2D eigenvalue weighted by Gasteiger charge is -2.10. The van der Waals surface area contributed by atoms with E-state index in [1.807, 2.05) is 0 Å². The van der Waals surface area contributed by atoms with Crippen LogP contribution in [0.1, 0.15) is 29.9 Å². The first-order chi connectivity index (χ1) is 12.5. The monoisotopic (exact) mass is 361 g/mol. The molecule has 0 saturated carbocycles. The second-order valence-electron chi connectivity index (χ2n) is 6.39. The van der Waals surface area contributed by atoms with Gasteiger partial charge in [-0.2, -0.15) is 5.10 Å². The highest BCUT2D eigenvalue weighted by Crippen LogP contribution is 2.14. The van der Waals surface area contributed by atoms with Gasteiger partial charge in [0.2, 0.25) is 11.8 Å². The Bertz CT molecular complexity index is 756. The maximum Gasteiger partial charge on any atom is 0.241 e. The molecule has 1 aliphatic heterocycles. The van der Waals surface area contributed by atoms with E-state index in [1.54, 1.807) is 20.0 Å². The van der Waals surface area contributed by atoms with E-state index >= 15 is 0 Å². The van der Waals surface area contributed by atoms with Crippen molar-refractivity contribution in [3.63, 3.8) is 0 Å². The molecule has 2 N–H and O–H groups in total. The van der Waals surface area contributed by atoms with E-state index in [2.05, 4.69) is 20.9 Å². The zero-order valence-corrected chi connectivity index (χ0v) is 14.9. The normalized spacial score (nSPS) is 16.6. The molecule has 0 spiro atoms. The molecule has 0 aliphatic carbocycles. The van der Waals surface area contributed by atoms with Gasteiger partial charge in [-0.25, -0.2) is 0 Å². The topological polar surface area (TPSA) is 111 Å². The largest absolute Gasteiger partial charge is 0.376 e. The summed E-state index contributed by atoms with van der Waals surface area (Å²) in [5.41, 5.74) is 2.02. The third kappa shape index (κ3) is 4.69. The molecule has 26 heavy (non-hydrogen) atoms. The summed E-state index contributed by atoms with van der Waals surface area (Å²) >= 11 is 0. The number of aromatic nitrogens is 3. The zero-order valence-electron chi connectivity index (χ0n) is 14.9. The van der Waals surface area contributed by atoms with Crippen molar-refractivity contribution in [3.05, 3.63) is 29.4 Å². The van der Waals surface area contributed by atoms with E-state index in [0.717, 1.165) is 25.0 Å². The molecule has 1 atom stereocenters. The molecule has 1 saturated heterocycles. The highest BCUT2D eigenvalue weighted by Gasteiger charge is 2.17. The Labute approximate surface area is 151 Å². The van der Waals surface area contributed by atoms with Crippen molar-refractivity contribution in [2.75, 3.05) is 18.5 Å². The average molecular weight is 361 g/mol. The summed E-state index contributed by atoms with van der Waals surface area (Å²) in [5.74, 6) is 0.301. The van der Waals surface area contributed by atoms with Gasteiger partial charge < -0.3 is 19.9 Å². The van der Waals surface area contributed by atoms with E-state index in [1.165, 1.54) is 10.9 Å². The number of rotatable bonds is 7. The average Bonchev–Trinajstić information content (AvgIpc) is 3.32. The van der Waals surface area contributed by atoms with Crippen molar-refractivity contribution < 1.29 is 18.8 Å². The fourth-order valence-corrected chi connectivity index (χ4v) is 2.87. The van der Waals surface area contributed by atoms with Crippen molar-refractivity contribution in [1.82, 2.24) is 20.3 Å². The second-order valence-corrected chi connectivity index (χ2v) is 6.39. The summed E-state index contributed by atoms with van der Waals surface area (Å²) in [5, 5.41) is 13.5. The molecule has 0 unspecified atom stereocenters. The van der Waals surface area contributed by atoms with Gasteiger partial charge in [-0.15, -0.1) is 0 Å². The molecule has 2 aromatic rings. The number of amides is 2. The molecule has 3 heterocycles. The molecule has 9 heteroatoms. The number of nitrogens with one attached hydrogen (secondary N) is 2. The number of ether oxygens (including phenoxy) is 1. The molecule has 0 bridgehead atoms. The number of aryl methyl sites for hydroxylation is 2. The Balaban J connectivity index is 1.46. The SMILES string of the molecule is Cc1noc(C)c1CC(=O)Nc1cnn(CC(=O)NC[C@H]2CCCO2)c1. The zero-order chi connectivity index (χ0) is 18.5. The second kappa shape index (κ2) is 8.13. The van der Waals surface area contributed by atoms with Gasteiger partial charge in [0.15, 0.2) is 0 Å². The first-order valence-electron chi connectivity index (χ1n) is 8.63. The minimum atomic E-state index is -0.193. The Hall–Kier alpha value is -2.68. The van der Waals surface area contributed by atoms with Crippen molar-refractivity contribution in [1.29, 1.82) is 0 Å². The van der Waals surface area contributed by atoms with Gasteiger partial charge in [-0.3, -0.25) is 14.3 Å². The van der Waals surface area contributed by atoms with Gasteiger partial charge in [-0.1, -0.05) is 5.16 Å². The van der Waals surface area contributed by atoms with Crippen molar-refractivity contribution in [2.45, 2.75) is 45.8 Å². The first-order valence-corrected chi connectivity index (χ1v) is 8.63. The summed E-state index contributed by atoms with van der Waals surface area (Å²) in [6.07, 6.45) is 5.43. The fourth-order valence-electron chi connectivity index (χ4n) is 2.87. The molecular weight excluding hydrogens is 338 g/mol. The standard InChI is InChI=1S/C17H23N5O4/c1-11-15(12(2)26-21-11)6-16(23)20-13-7-19-22(9-13)10-17(24)18-8-14-4-3-5-25-14/h7,9,14H,3-6,8,10H2,1-2H3,(H,18,24)(H,20,23)/t14-/m1/s1. The molecule has 2 aromatic heterocycles. The minimum absolute atomic E-state index is 0.0897. The van der Waals surface area contributed by atoms with E-state index in [9.17, 15) is 9.59 Å². The molecular formula is C17H23N5O4. The Kier molecular flexibility index (Phi) is 5.67. The van der Waals surface area contributed by atoms with Crippen LogP contribution in [0.5, 0.6) is 0 Å². The summed E-state index contributed by atoms with van der Waals surface area (Å²) < 4.78 is 12.0. The smallest absolute Gasteiger partial charge is 0.241 e. The number of anilines is 1. The van der Waals surface area contributed by atoms with Gasteiger partial charge in [0, 0.05) is 24.9 Å². The maximum atomic E-state index is 12.2. The molecule has 9 nitrogen and oxygen atoms in total. The predicted molar refractivity (Wildman–Crippen MR) is 92.5 cm³/mol. The van der Waals surface area contributed by atoms with Crippen LogP contribution >= 0.6 is 0 Å². The third-order valence-corrected chi connectivity index (χ3v) is 4.29. The molecule has 1 fully saturated rings. The number of hydrogen-bond acceptors (Lipinski definition) is 6. The Morgan fingerprint density at radius 3 is 2.88 bits per heavy atom. The van der Waals surface area contributed by atoms with E-state index < -0.39 is 0 Å². The van der Waals surface area contributed by atoms with Gasteiger partial charge in [-0.05, 0) is 26.7 Å². The van der Waals surface area contributed by atoms with Crippen molar-refractivity contribution in [3.8, 4) is 0 Å². The van der Waals surface area contributed by atoms with Crippen molar-refractivity contribution in [2.24, 2.45) is 0 Å². The quantitative estimate of drug-likeness (QED) is 0.760. The third-order valence-electron chi connectivity index (χ3n) is 4.29. The summed E-state index contributed by atoms with van der Waals surface area (Å²) in [6.45, 7) is 4.94. The highest BCUT2D eigenvalue weighted by atomic mass is 16.5. The maximum absolute atomic E-state index is 12.2. The van der Waals surface area contributed by atoms with Crippen LogP contribution < -0.4 is 10.6 Å². The summed E-state index contributed by atoms with van der Waals surface area (Å²) in [7, 11) is 0. The van der Waals surface area contributed by atoms with Crippen LogP contribution in [0.4, 0.5) is 5.69 Å². The molecule has 1 aliphatic rings. The highest BCUT2D eigenvalue weighted by molar-refractivity contribution is 5.92. The van der Waals surface area contributed by atoms with Crippen LogP contribution in [0.15, 0.2) is 16.9 Å². The minimum Gasteiger partial charge on any atom is -0.376 e. The molecule has 0 radical (unpaired) electrons. The van der Waals surface area contributed by atoms with E-state index in [4.69, 9.17) is 9.26 Å². The lowest BCUT2D eigenvalue weighted by Crippen LogP contribution is -2.34. The lowest BCUT2D eigenvalue weighted by molar-refractivity contribution is -0.122. The van der Waals surface area contributed by atoms with Crippen LogP contribution in [0.2, 0.25) is 0 Å². The van der Waals surface area contributed by atoms with Crippen LogP contribution in [0, 0.1) is 13.8 Å². The Morgan fingerprint density at radius 1 is 1.35 bits per heavy atom. The Morgan fingerprint density at radius 2 is 2.19 bits per heavy atom. The predicted octanol–water partition coefficient (Wildman–Crippen LogP) is 0.964. The van der Waals surface area contributed by atoms with Gasteiger partial charge >= 0.3 is 0 Å². The number of carbonyl (C=O) groups excluding carboxylic acids is 2. The summed E-state index contributed by atoms with van der Waals surface area (Å²) in [4.78, 5) is 24.1. The number of carbonyl (C=O) groups is 2. The molecule has 2 amide bonds.